The van der Waals surface area contributed by atoms with E-state index in [4.69, 9.17) is 28.3 Å². The Morgan fingerprint density at radius 3 is 2.47 bits per heavy atom. The second kappa shape index (κ2) is 6.48. The molecule has 2 nitrogen and oxygen atoms in total. The maximum Gasteiger partial charge on any atom is 0.416 e. The van der Waals surface area contributed by atoms with E-state index in [1.807, 2.05) is 0 Å². The minimum Gasteiger partial charge on any atom is -0.481 e. The smallest absolute Gasteiger partial charge is 0.416 e. The van der Waals surface area contributed by atoms with Crippen molar-refractivity contribution in [3.8, 4) is 0 Å². The van der Waals surface area contributed by atoms with Crippen LogP contribution >= 0.6 is 23.2 Å². The van der Waals surface area contributed by atoms with Crippen molar-refractivity contribution in [2.75, 3.05) is 5.88 Å². The summed E-state index contributed by atoms with van der Waals surface area (Å²) < 4.78 is 38.7. The molecule has 0 aliphatic rings. The van der Waals surface area contributed by atoms with Crippen molar-refractivity contribution < 1.29 is 23.1 Å². The van der Waals surface area contributed by atoms with Gasteiger partial charge < -0.3 is 5.11 Å². The van der Waals surface area contributed by atoms with Crippen LogP contribution in [0, 0.1) is 0 Å². The molecule has 0 aliphatic carbocycles. The first kappa shape index (κ1) is 16.1. The lowest BCUT2D eigenvalue weighted by Crippen LogP contribution is -2.18. The summed E-state index contributed by atoms with van der Waals surface area (Å²) in [5.74, 6) is -2.36. The first-order valence-electron chi connectivity index (χ1n) is 5.42. The molecule has 0 saturated heterocycles. The summed E-state index contributed by atoms with van der Waals surface area (Å²) in [4.78, 5) is 11.1. The van der Waals surface area contributed by atoms with Gasteiger partial charge >= 0.3 is 12.1 Å². The van der Waals surface area contributed by atoms with Crippen LogP contribution in [0.25, 0.3) is 0 Å². The van der Waals surface area contributed by atoms with E-state index in [1.54, 1.807) is 0 Å². The van der Waals surface area contributed by atoms with Gasteiger partial charge in [-0.2, -0.15) is 13.2 Å². The van der Waals surface area contributed by atoms with Gasteiger partial charge in [0.25, 0.3) is 0 Å². The number of alkyl halides is 4. The van der Waals surface area contributed by atoms with Crippen molar-refractivity contribution in [2.24, 2.45) is 0 Å². The lowest BCUT2D eigenvalue weighted by Gasteiger charge is -2.18. The molecular formula is C12H11Cl2F3O2. The number of aliphatic carboxylic acids is 1. The van der Waals surface area contributed by atoms with Crippen molar-refractivity contribution in [3.05, 3.63) is 34.3 Å². The van der Waals surface area contributed by atoms with Crippen LogP contribution in [0.4, 0.5) is 13.2 Å². The highest BCUT2D eigenvalue weighted by molar-refractivity contribution is 6.30. The van der Waals surface area contributed by atoms with Gasteiger partial charge in [-0.25, -0.2) is 0 Å². The summed E-state index contributed by atoms with van der Waals surface area (Å²) in [6.45, 7) is 0. The van der Waals surface area contributed by atoms with Gasteiger partial charge in [0.1, 0.15) is 0 Å². The number of carboxylic acid groups (broad SMARTS) is 1. The molecule has 0 amide bonds. The number of rotatable bonds is 5. The van der Waals surface area contributed by atoms with Gasteiger partial charge in [0.05, 0.1) is 11.5 Å². The number of hydrogen-bond donors (Lipinski definition) is 1. The average molecular weight is 315 g/mol. The maximum absolute atomic E-state index is 12.9. The Balaban J connectivity index is 3.26. The third-order valence-electron chi connectivity index (χ3n) is 2.62. The minimum atomic E-state index is -4.64. The second-order valence-electron chi connectivity index (χ2n) is 3.95. The molecular weight excluding hydrogens is 304 g/mol. The average Bonchev–Trinajstić information content (AvgIpc) is 2.29. The van der Waals surface area contributed by atoms with Crippen LogP contribution < -0.4 is 0 Å². The molecule has 1 aromatic rings. The molecule has 0 radical (unpaired) electrons. The van der Waals surface area contributed by atoms with Crippen molar-refractivity contribution in [1.29, 1.82) is 0 Å². The molecule has 0 fully saturated rings. The van der Waals surface area contributed by atoms with Crippen molar-refractivity contribution in [1.82, 2.24) is 0 Å². The van der Waals surface area contributed by atoms with Gasteiger partial charge in [-0.1, -0.05) is 17.7 Å². The molecule has 0 spiro atoms. The van der Waals surface area contributed by atoms with Crippen molar-refractivity contribution >= 4 is 29.2 Å². The first-order chi connectivity index (χ1) is 8.77. The first-order valence-corrected chi connectivity index (χ1v) is 6.34. The van der Waals surface area contributed by atoms with E-state index < -0.39 is 23.6 Å². The Morgan fingerprint density at radius 1 is 1.37 bits per heavy atom. The zero-order valence-electron chi connectivity index (χ0n) is 9.68. The predicted molar refractivity (Wildman–Crippen MR) is 66.8 cm³/mol. The van der Waals surface area contributed by atoms with E-state index >= 15 is 0 Å². The quantitative estimate of drug-likeness (QED) is 0.810. The van der Waals surface area contributed by atoms with Crippen LogP contribution in [0.1, 0.15) is 29.9 Å². The minimum absolute atomic E-state index is 0.0452. The molecule has 7 heteroatoms. The normalized spacial score (nSPS) is 13.3. The second-order valence-corrected chi connectivity index (χ2v) is 4.77. The molecule has 0 heterocycles. The highest BCUT2D eigenvalue weighted by Crippen LogP contribution is 2.38. The Bertz CT molecular complexity index is 461. The monoisotopic (exact) mass is 314 g/mol. The van der Waals surface area contributed by atoms with Crippen LogP contribution in [-0.2, 0) is 11.0 Å². The van der Waals surface area contributed by atoms with E-state index in [0.29, 0.717) is 6.42 Å². The van der Waals surface area contributed by atoms with E-state index in [-0.39, 0.29) is 22.9 Å². The molecule has 1 unspecified atom stereocenters. The summed E-state index contributed by atoms with van der Waals surface area (Å²) in [5, 5.41) is 8.98. The van der Waals surface area contributed by atoms with Gasteiger partial charge in [-0.3, -0.25) is 4.79 Å². The zero-order valence-corrected chi connectivity index (χ0v) is 11.2. The molecule has 1 N–H and O–H groups in total. The highest BCUT2D eigenvalue weighted by Gasteiger charge is 2.37. The molecule has 1 aromatic carbocycles. The Hall–Kier alpha value is -0.940. The van der Waals surface area contributed by atoms with Gasteiger partial charge in [-0.05, 0) is 30.5 Å². The summed E-state index contributed by atoms with van der Waals surface area (Å²) in [6.07, 6.45) is -4.28. The lowest BCUT2D eigenvalue weighted by atomic mass is 9.90. The molecule has 19 heavy (non-hydrogen) atoms. The third-order valence-corrected chi connectivity index (χ3v) is 3.12. The van der Waals surface area contributed by atoms with Crippen LogP contribution in [0.3, 0.4) is 0 Å². The van der Waals surface area contributed by atoms with Crippen molar-refractivity contribution in [2.45, 2.75) is 24.9 Å². The zero-order chi connectivity index (χ0) is 14.6. The maximum atomic E-state index is 12.9. The Kier molecular flexibility index (Phi) is 5.50. The standard InChI is InChI=1S/C12H11Cl2F3O2/c13-5-1-2-9(11(18)19)8-4-3-7(14)6-10(8)12(15,16)17/h3-4,6,9H,1-2,5H2,(H,18,19). The fourth-order valence-electron chi connectivity index (χ4n) is 1.77. The predicted octanol–water partition coefficient (Wildman–Crippen LogP) is 4.55. The molecule has 0 saturated carbocycles. The fraction of sp³-hybridized carbons (Fsp3) is 0.417. The summed E-state index contributed by atoms with van der Waals surface area (Å²) in [5.41, 5.74) is -1.29. The van der Waals surface area contributed by atoms with Gasteiger partial charge in [0, 0.05) is 10.9 Å². The number of benzene rings is 1. The van der Waals surface area contributed by atoms with Gasteiger partial charge in [-0.15, -0.1) is 11.6 Å². The largest absolute Gasteiger partial charge is 0.481 e. The van der Waals surface area contributed by atoms with Gasteiger partial charge in [0.15, 0.2) is 0 Å². The molecule has 1 atom stereocenters. The SMILES string of the molecule is O=C(O)C(CCCCl)c1ccc(Cl)cc1C(F)(F)F. The van der Waals surface area contributed by atoms with E-state index in [1.165, 1.54) is 6.07 Å². The fourth-order valence-corrected chi connectivity index (χ4v) is 2.10. The number of hydrogen-bond acceptors (Lipinski definition) is 1. The number of carboxylic acids is 1. The number of carbonyl (C=O) groups is 1. The van der Waals surface area contributed by atoms with Crippen LogP contribution in [0.15, 0.2) is 18.2 Å². The van der Waals surface area contributed by atoms with Gasteiger partial charge in [0.2, 0.25) is 0 Å². The van der Waals surface area contributed by atoms with Crippen LogP contribution in [-0.4, -0.2) is 17.0 Å². The van der Waals surface area contributed by atoms with Crippen molar-refractivity contribution in [3.63, 3.8) is 0 Å². The Labute approximate surface area is 118 Å². The lowest BCUT2D eigenvalue weighted by molar-refractivity contribution is -0.141. The molecule has 0 bridgehead atoms. The summed E-state index contributed by atoms with van der Waals surface area (Å²) >= 11 is 11.0. The summed E-state index contributed by atoms with van der Waals surface area (Å²) in [6, 6.07) is 3.11. The third kappa shape index (κ3) is 4.28. The molecule has 106 valence electrons. The number of halogens is 5. The van der Waals surface area contributed by atoms with Crippen LogP contribution in [0.2, 0.25) is 5.02 Å². The van der Waals surface area contributed by atoms with E-state index in [2.05, 4.69) is 0 Å². The topological polar surface area (TPSA) is 37.3 Å². The summed E-state index contributed by atoms with van der Waals surface area (Å²) in [7, 11) is 0. The van der Waals surface area contributed by atoms with E-state index in [0.717, 1.165) is 12.1 Å². The molecule has 0 aliphatic heterocycles. The molecule has 1 rings (SSSR count). The van der Waals surface area contributed by atoms with Crippen LogP contribution in [0.5, 0.6) is 0 Å². The van der Waals surface area contributed by atoms with E-state index in [9.17, 15) is 18.0 Å². The highest BCUT2D eigenvalue weighted by atomic mass is 35.5. The Morgan fingerprint density at radius 2 is 2.00 bits per heavy atom. The molecule has 0 aromatic heterocycles.